The Morgan fingerprint density at radius 3 is 2.95 bits per heavy atom. The van der Waals surface area contributed by atoms with Crippen molar-refractivity contribution in [3.05, 3.63) is 11.9 Å². The molecule has 2 unspecified atom stereocenters. The molecule has 1 aliphatic carbocycles. The van der Waals surface area contributed by atoms with Gasteiger partial charge in [-0.2, -0.15) is 0 Å². The molecular weight excluding hydrogens is 248 g/mol. The normalized spacial score (nSPS) is 22.4. The van der Waals surface area contributed by atoms with Crippen molar-refractivity contribution in [2.45, 2.75) is 32.7 Å². The molecule has 0 bridgehead atoms. The average molecular weight is 266 g/mol. The van der Waals surface area contributed by atoms with Gasteiger partial charge in [0, 0.05) is 6.54 Å². The van der Waals surface area contributed by atoms with E-state index in [2.05, 4.69) is 22.6 Å². The number of carbonyl (C=O) groups excluding carboxylic acids is 1. The summed E-state index contributed by atoms with van der Waals surface area (Å²) in [6, 6.07) is 0. The lowest BCUT2D eigenvalue weighted by Gasteiger charge is -2.15. The van der Waals surface area contributed by atoms with Crippen LogP contribution in [0.4, 0.5) is 0 Å². The number of aliphatic carboxylic acids is 1. The van der Waals surface area contributed by atoms with E-state index >= 15 is 0 Å². The number of hydrogen-bond acceptors (Lipinski definition) is 4. The van der Waals surface area contributed by atoms with Crippen molar-refractivity contribution in [3.8, 4) is 0 Å². The van der Waals surface area contributed by atoms with E-state index in [1.165, 1.54) is 19.0 Å². The molecule has 2 N–H and O–H groups in total. The monoisotopic (exact) mass is 266 g/mol. The summed E-state index contributed by atoms with van der Waals surface area (Å²) in [6.07, 6.45) is 4.93. The van der Waals surface area contributed by atoms with Gasteiger partial charge in [0.2, 0.25) is 0 Å². The standard InChI is InChI=1S/C12H18N4O3/c1-8-3-2-4-9(8)5-13-12(19)10-6-16(15-14-10)7-11(17)18/h6,8-9H,2-5,7H2,1H3,(H,13,19)(H,17,18). The van der Waals surface area contributed by atoms with Crippen molar-refractivity contribution < 1.29 is 14.7 Å². The van der Waals surface area contributed by atoms with E-state index in [-0.39, 0.29) is 18.1 Å². The zero-order chi connectivity index (χ0) is 13.8. The van der Waals surface area contributed by atoms with Crippen LogP contribution in [0.25, 0.3) is 0 Å². The fourth-order valence-corrected chi connectivity index (χ4v) is 2.46. The summed E-state index contributed by atoms with van der Waals surface area (Å²) in [5, 5.41) is 18.7. The Hall–Kier alpha value is -1.92. The molecule has 1 aromatic rings. The Labute approximate surface area is 111 Å². The van der Waals surface area contributed by atoms with Gasteiger partial charge in [-0.05, 0) is 18.3 Å². The Morgan fingerprint density at radius 2 is 2.32 bits per heavy atom. The summed E-state index contributed by atoms with van der Waals surface area (Å²) < 4.78 is 1.13. The van der Waals surface area contributed by atoms with Gasteiger partial charge < -0.3 is 10.4 Å². The van der Waals surface area contributed by atoms with Gasteiger partial charge in [0.05, 0.1) is 6.20 Å². The number of nitrogens with zero attached hydrogens (tertiary/aromatic N) is 3. The van der Waals surface area contributed by atoms with E-state index in [1.807, 2.05) is 0 Å². The smallest absolute Gasteiger partial charge is 0.325 e. The number of carboxylic acid groups (broad SMARTS) is 1. The van der Waals surface area contributed by atoms with Crippen molar-refractivity contribution in [2.75, 3.05) is 6.54 Å². The summed E-state index contributed by atoms with van der Waals surface area (Å²) in [5.41, 5.74) is 0.159. The predicted octanol–water partition coefficient (Wildman–Crippen LogP) is 0.529. The number of hydrogen-bond donors (Lipinski definition) is 2. The molecule has 1 heterocycles. The number of amides is 1. The Bertz CT molecular complexity index is 471. The number of aromatic nitrogens is 3. The van der Waals surface area contributed by atoms with Crippen molar-refractivity contribution in [1.82, 2.24) is 20.3 Å². The second kappa shape index (κ2) is 5.81. The average Bonchev–Trinajstić information content (AvgIpc) is 2.95. The largest absolute Gasteiger partial charge is 0.480 e. The highest BCUT2D eigenvalue weighted by Gasteiger charge is 2.24. The molecule has 0 aromatic carbocycles. The molecule has 1 aromatic heterocycles. The third kappa shape index (κ3) is 3.52. The van der Waals surface area contributed by atoms with Crippen molar-refractivity contribution in [3.63, 3.8) is 0 Å². The topological polar surface area (TPSA) is 97.1 Å². The minimum Gasteiger partial charge on any atom is -0.480 e. The lowest BCUT2D eigenvalue weighted by atomic mass is 9.98. The van der Waals surface area contributed by atoms with Crippen LogP contribution >= 0.6 is 0 Å². The number of carbonyl (C=O) groups is 2. The molecule has 1 saturated carbocycles. The molecule has 19 heavy (non-hydrogen) atoms. The Balaban J connectivity index is 1.85. The molecule has 7 heteroatoms. The molecule has 0 aliphatic heterocycles. The Kier molecular flexibility index (Phi) is 4.13. The molecule has 0 radical (unpaired) electrons. The first-order valence-corrected chi connectivity index (χ1v) is 6.46. The molecule has 2 rings (SSSR count). The second-order valence-corrected chi connectivity index (χ2v) is 5.07. The molecule has 2 atom stereocenters. The maximum absolute atomic E-state index is 11.8. The van der Waals surface area contributed by atoms with Crippen LogP contribution < -0.4 is 5.32 Å². The first kappa shape index (κ1) is 13.5. The van der Waals surface area contributed by atoms with Crippen LogP contribution in [0, 0.1) is 11.8 Å². The molecular formula is C12H18N4O3. The first-order chi connectivity index (χ1) is 9.06. The molecule has 1 aliphatic rings. The molecule has 0 saturated heterocycles. The molecule has 104 valence electrons. The summed E-state index contributed by atoms with van der Waals surface area (Å²) in [4.78, 5) is 22.3. The number of nitrogens with one attached hydrogen (secondary N) is 1. The minimum atomic E-state index is -1.02. The maximum atomic E-state index is 11.8. The zero-order valence-electron chi connectivity index (χ0n) is 10.9. The lowest BCUT2D eigenvalue weighted by molar-refractivity contribution is -0.137. The van der Waals surface area contributed by atoms with Crippen LogP contribution in [-0.4, -0.2) is 38.5 Å². The molecule has 7 nitrogen and oxygen atoms in total. The predicted molar refractivity (Wildman–Crippen MR) is 66.5 cm³/mol. The van der Waals surface area contributed by atoms with E-state index in [9.17, 15) is 9.59 Å². The highest BCUT2D eigenvalue weighted by Crippen LogP contribution is 2.30. The van der Waals surface area contributed by atoms with E-state index in [0.29, 0.717) is 18.4 Å². The van der Waals surface area contributed by atoms with Gasteiger partial charge in [-0.25, -0.2) is 4.68 Å². The highest BCUT2D eigenvalue weighted by atomic mass is 16.4. The fourth-order valence-electron chi connectivity index (χ4n) is 2.46. The van der Waals surface area contributed by atoms with Crippen LogP contribution in [0.15, 0.2) is 6.20 Å². The van der Waals surface area contributed by atoms with Gasteiger partial charge in [-0.15, -0.1) is 5.10 Å². The third-order valence-electron chi connectivity index (χ3n) is 3.63. The fraction of sp³-hybridized carbons (Fsp3) is 0.667. The van der Waals surface area contributed by atoms with Crippen LogP contribution in [-0.2, 0) is 11.3 Å². The van der Waals surface area contributed by atoms with Gasteiger partial charge >= 0.3 is 5.97 Å². The number of carboxylic acids is 1. The van der Waals surface area contributed by atoms with Crippen molar-refractivity contribution in [1.29, 1.82) is 0 Å². The maximum Gasteiger partial charge on any atom is 0.325 e. The summed E-state index contributed by atoms with van der Waals surface area (Å²) in [7, 11) is 0. The number of rotatable bonds is 5. The Morgan fingerprint density at radius 1 is 1.53 bits per heavy atom. The van der Waals surface area contributed by atoms with Gasteiger partial charge in [0.25, 0.3) is 5.91 Å². The summed E-state index contributed by atoms with van der Waals surface area (Å²) in [5.74, 6) is -0.145. The van der Waals surface area contributed by atoms with E-state index in [0.717, 1.165) is 11.1 Å². The summed E-state index contributed by atoms with van der Waals surface area (Å²) >= 11 is 0. The van der Waals surface area contributed by atoms with Crippen LogP contribution in [0.1, 0.15) is 36.7 Å². The van der Waals surface area contributed by atoms with E-state index in [4.69, 9.17) is 5.11 Å². The van der Waals surface area contributed by atoms with Gasteiger partial charge in [-0.3, -0.25) is 9.59 Å². The first-order valence-electron chi connectivity index (χ1n) is 6.46. The van der Waals surface area contributed by atoms with Gasteiger partial charge in [0.15, 0.2) is 5.69 Å². The van der Waals surface area contributed by atoms with Crippen LogP contribution in [0.3, 0.4) is 0 Å². The summed E-state index contributed by atoms with van der Waals surface area (Å²) in [6.45, 7) is 2.55. The minimum absolute atomic E-state index is 0.159. The lowest BCUT2D eigenvalue weighted by Crippen LogP contribution is -2.30. The van der Waals surface area contributed by atoms with E-state index in [1.54, 1.807) is 0 Å². The van der Waals surface area contributed by atoms with E-state index < -0.39 is 5.97 Å². The van der Waals surface area contributed by atoms with Crippen LogP contribution in [0.5, 0.6) is 0 Å². The van der Waals surface area contributed by atoms with Crippen molar-refractivity contribution in [2.24, 2.45) is 11.8 Å². The van der Waals surface area contributed by atoms with Crippen LogP contribution in [0.2, 0.25) is 0 Å². The highest BCUT2D eigenvalue weighted by molar-refractivity contribution is 5.91. The third-order valence-corrected chi connectivity index (χ3v) is 3.63. The second-order valence-electron chi connectivity index (χ2n) is 5.07. The van der Waals surface area contributed by atoms with Crippen molar-refractivity contribution >= 4 is 11.9 Å². The SMILES string of the molecule is CC1CCCC1CNC(=O)c1cn(CC(=O)O)nn1. The molecule has 1 amide bonds. The molecule has 0 spiro atoms. The van der Waals surface area contributed by atoms with Gasteiger partial charge in [0.1, 0.15) is 6.54 Å². The quantitative estimate of drug-likeness (QED) is 0.810. The molecule has 1 fully saturated rings. The van der Waals surface area contributed by atoms with Gasteiger partial charge in [-0.1, -0.05) is 25.0 Å². The zero-order valence-corrected chi connectivity index (χ0v) is 10.9.